The van der Waals surface area contributed by atoms with E-state index < -0.39 is 0 Å². The van der Waals surface area contributed by atoms with Gasteiger partial charge < -0.3 is 14.6 Å². The molecule has 0 radical (unpaired) electrons. The molecule has 0 aliphatic heterocycles. The van der Waals surface area contributed by atoms with Crippen molar-refractivity contribution in [2.75, 3.05) is 13.2 Å². The molecule has 0 atom stereocenters. The number of carbonyl (C=O) groups excluding carboxylic acids is 1. The summed E-state index contributed by atoms with van der Waals surface area (Å²) in [6, 6.07) is 0. The lowest BCUT2D eigenvalue weighted by Crippen LogP contribution is -2.23. The van der Waals surface area contributed by atoms with E-state index in [9.17, 15) is 4.79 Å². The van der Waals surface area contributed by atoms with E-state index >= 15 is 0 Å². The number of hydrogen-bond acceptors (Lipinski definition) is 4. The van der Waals surface area contributed by atoms with Gasteiger partial charge in [-0.05, 0) is 18.9 Å². The Kier molecular flexibility index (Phi) is 7.18. The standard InChI is InChI=1S/C14H25N3O2/c1-4-5-8-19-14(18)11-17-7-6-16-13(17)10-15-9-12(2)3/h6-7,12,15H,4-5,8-11H2,1-3H3. The Bertz CT molecular complexity index is 375. The van der Waals surface area contributed by atoms with Crippen LogP contribution in [0.15, 0.2) is 12.4 Å². The summed E-state index contributed by atoms with van der Waals surface area (Å²) in [5.41, 5.74) is 0. The summed E-state index contributed by atoms with van der Waals surface area (Å²) in [6.07, 6.45) is 5.47. The van der Waals surface area contributed by atoms with Crippen molar-refractivity contribution in [3.8, 4) is 0 Å². The summed E-state index contributed by atoms with van der Waals surface area (Å²) >= 11 is 0. The van der Waals surface area contributed by atoms with Crippen molar-refractivity contribution < 1.29 is 9.53 Å². The minimum Gasteiger partial charge on any atom is -0.464 e. The highest BCUT2D eigenvalue weighted by Crippen LogP contribution is 2.00. The maximum Gasteiger partial charge on any atom is 0.325 e. The second-order valence-electron chi connectivity index (χ2n) is 5.07. The van der Waals surface area contributed by atoms with Crippen molar-refractivity contribution in [1.29, 1.82) is 0 Å². The van der Waals surface area contributed by atoms with Crippen LogP contribution in [0.1, 0.15) is 39.4 Å². The largest absolute Gasteiger partial charge is 0.464 e. The third kappa shape index (κ3) is 6.38. The smallest absolute Gasteiger partial charge is 0.325 e. The average molecular weight is 267 g/mol. The van der Waals surface area contributed by atoms with Gasteiger partial charge in [0.05, 0.1) is 13.2 Å². The molecule has 0 spiro atoms. The first-order valence-corrected chi connectivity index (χ1v) is 6.99. The van der Waals surface area contributed by atoms with Gasteiger partial charge >= 0.3 is 5.97 Å². The Balaban J connectivity index is 2.37. The molecule has 0 bridgehead atoms. The number of imidazole rings is 1. The molecule has 1 aromatic heterocycles. The first-order valence-electron chi connectivity index (χ1n) is 6.99. The molecule has 108 valence electrons. The van der Waals surface area contributed by atoms with E-state index in [0.717, 1.165) is 25.2 Å². The van der Waals surface area contributed by atoms with E-state index in [0.29, 0.717) is 19.1 Å². The molecule has 5 nitrogen and oxygen atoms in total. The maximum absolute atomic E-state index is 11.6. The van der Waals surface area contributed by atoms with Gasteiger partial charge in [-0.2, -0.15) is 0 Å². The Labute approximate surface area is 115 Å². The lowest BCUT2D eigenvalue weighted by molar-refractivity contribution is -0.144. The molecule has 0 aliphatic rings. The number of esters is 1. The fraction of sp³-hybridized carbons (Fsp3) is 0.714. The topological polar surface area (TPSA) is 56.2 Å². The van der Waals surface area contributed by atoms with Crippen LogP contribution in [-0.2, 0) is 22.6 Å². The number of rotatable bonds is 9. The van der Waals surface area contributed by atoms with Crippen LogP contribution in [0, 0.1) is 5.92 Å². The molecule has 0 fully saturated rings. The third-order valence-corrected chi connectivity index (χ3v) is 2.70. The van der Waals surface area contributed by atoms with Crippen LogP contribution in [0.4, 0.5) is 0 Å². The highest BCUT2D eigenvalue weighted by molar-refractivity contribution is 5.69. The third-order valence-electron chi connectivity index (χ3n) is 2.70. The van der Waals surface area contributed by atoms with E-state index in [1.54, 1.807) is 6.20 Å². The number of unbranched alkanes of at least 4 members (excludes halogenated alkanes) is 1. The van der Waals surface area contributed by atoms with Crippen LogP contribution in [0.2, 0.25) is 0 Å². The number of ether oxygens (including phenoxy) is 1. The molecule has 0 amide bonds. The van der Waals surface area contributed by atoms with Gasteiger partial charge in [-0.25, -0.2) is 4.98 Å². The zero-order valence-corrected chi connectivity index (χ0v) is 12.2. The molecule has 1 aromatic rings. The van der Waals surface area contributed by atoms with E-state index in [2.05, 4.69) is 31.1 Å². The maximum atomic E-state index is 11.6. The van der Waals surface area contributed by atoms with Crippen molar-refractivity contribution in [2.24, 2.45) is 5.92 Å². The van der Waals surface area contributed by atoms with Gasteiger partial charge in [0, 0.05) is 12.4 Å². The first kappa shape index (κ1) is 15.7. The fourth-order valence-electron chi connectivity index (χ4n) is 1.64. The highest BCUT2D eigenvalue weighted by Gasteiger charge is 2.08. The Hall–Kier alpha value is -1.36. The molecule has 0 unspecified atom stereocenters. The van der Waals surface area contributed by atoms with Gasteiger partial charge in [-0.3, -0.25) is 4.79 Å². The molecule has 5 heteroatoms. The predicted molar refractivity (Wildman–Crippen MR) is 74.6 cm³/mol. The Morgan fingerprint density at radius 3 is 3.00 bits per heavy atom. The number of nitrogens with one attached hydrogen (secondary N) is 1. The lowest BCUT2D eigenvalue weighted by atomic mass is 10.2. The average Bonchev–Trinajstić information content (AvgIpc) is 2.76. The molecule has 0 aliphatic carbocycles. The SMILES string of the molecule is CCCCOC(=O)Cn1ccnc1CNCC(C)C. The number of nitrogens with zero attached hydrogens (tertiary/aromatic N) is 2. The fourth-order valence-corrected chi connectivity index (χ4v) is 1.64. The summed E-state index contributed by atoms with van der Waals surface area (Å²) in [5.74, 6) is 1.27. The summed E-state index contributed by atoms with van der Waals surface area (Å²) < 4.78 is 6.98. The molecule has 1 heterocycles. The number of aromatic nitrogens is 2. The van der Waals surface area contributed by atoms with Gasteiger partial charge in [-0.1, -0.05) is 27.2 Å². The summed E-state index contributed by atoms with van der Waals surface area (Å²) in [5, 5.41) is 3.32. The molecular formula is C14H25N3O2. The second-order valence-corrected chi connectivity index (χ2v) is 5.07. The highest BCUT2D eigenvalue weighted by atomic mass is 16.5. The summed E-state index contributed by atoms with van der Waals surface area (Å²) in [4.78, 5) is 15.9. The van der Waals surface area contributed by atoms with Crippen LogP contribution in [0.25, 0.3) is 0 Å². The van der Waals surface area contributed by atoms with Crippen LogP contribution >= 0.6 is 0 Å². The molecule has 1 N–H and O–H groups in total. The van der Waals surface area contributed by atoms with Crippen molar-refractivity contribution in [1.82, 2.24) is 14.9 Å². The van der Waals surface area contributed by atoms with Gasteiger partial charge in [0.1, 0.15) is 12.4 Å². The van der Waals surface area contributed by atoms with Crippen LogP contribution in [0.5, 0.6) is 0 Å². The Morgan fingerprint density at radius 1 is 1.53 bits per heavy atom. The molecule has 1 rings (SSSR count). The van der Waals surface area contributed by atoms with Gasteiger partial charge in [0.2, 0.25) is 0 Å². The van der Waals surface area contributed by atoms with Gasteiger partial charge in [-0.15, -0.1) is 0 Å². The molecule has 0 aromatic carbocycles. The van der Waals surface area contributed by atoms with Crippen molar-refractivity contribution >= 4 is 5.97 Å². The van der Waals surface area contributed by atoms with E-state index in [-0.39, 0.29) is 12.5 Å². The van der Waals surface area contributed by atoms with Crippen LogP contribution < -0.4 is 5.32 Å². The van der Waals surface area contributed by atoms with Gasteiger partial charge in [0.25, 0.3) is 0 Å². The summed E-state index contributed by atoms with van der Waals surface area (Å²) in [7, 11) is 0. The quantitative estimate of drug-likeness (QED) is 0.549. The monoisotopic (exact) mass is 267 g/mol. The lowest BCUT2D eigenvalue weighted by Gasteiger charge is -2.10. The van der Waals surface area contributed by atoms with E-state index in [1.165, 1.54) is 0 Å². The van der Waals surface area contributed by atoms with Crippen molar-refractivity contribution in [3.63, 3.8) is 0 Å². The summed E-state index contributed by atoms with van der Waals surface area (Å²) in [6.45, 7) is 8.74. The van der Waals surface area contributed by atoms with Crippen LogP contribution in [0.3, 0.4) is 0 Å². The minimum absolute atomic E-state index is 0.198. The zero-order valence-electron chi connectivity index (χ0n) is 12.2. The van der Waals surface area contributed by atoms with E-state index in [1.807, 2.05) is 10.8 Å². The number of hydrogen-bond donors (Lipinski definition) is 1. The van der Waals surface area contributed by atoms with Crippen molar-refractivity contribution in [2.45, 2.75) is 46.7 Å². The Morgan fingerprint density at radius 2 is 2.32 bits per heavy atom. The molecule has 0 saturated heterocycles. The molecular weight excluding hydrogens is 242 g/mol. The molecule has 0 saturated carbocycles. The minimum atomic E-state index is -0.198. The van der Waals surface area contributed by atoms with Crippen molar-refractivity contribution in [3.05, 3.63) is 18.2 Å². The normalized spacial score (nSPS) is 10.9. The second kappa shape index (κ2) is 8.69. The van der Waals surface area contributed by atoms with E-state index in [4.69, 9.17) is 4.74 Å². The zero-order chi connectivity index (χ0) is 14.1. The van der Waals surface area contributed by atoms with Gasteiger partial charge in [0.15, 0.2) is 0 Å². The first-order chi connectivity index (χ1) is 9.13. The molecule has 19 heavy (non-hydrogen) atoms. The number of carbonyl (C=O) groups is 1. The predicted octanol–water partition coefficient (Wildman–Crippen LogP) is 1.97. The van der Waals surface area contributed by atoms with Crippen LogP contribution in [-0.4, -0.2) is 28.7 Å².